The first-order valence-electron chi connectivity index (χ1n) is 11.6. The number of carbonyl (C=O) groups is 2. The molecule has 12 heteroatoms. The lowest BCUT2D eigenvalue weighted by atomic mass is 10.2. The van der Waals surface area contributed by atoms with Crippen LogP contribution in [0.4, 0.5) is 14.5 Å². The first-order valence-corrected chi connectivity index (χ1v) is 12.8. The van der Waals surface area contributed by atoms with Gasteiger partial charge in [-0.3, -0.25) is 19.0 Å². The Morgan fingerprint density at radius 2 is 1.92 bits per heavy atom. The maximum absolute atomic E-state index is 13.5. The van der Waals surface area contributed by atoms with Crippen molar-refractivity contribution in [3.8, 4) is 0 Å². The second-order valence-electron chi connectivity index (χ2n) is 9.02. The average molecular weight is 536 g/mol. The van der Waals surface area contributed by atoms with E-state index in [1.807, 2.05) is 4.90 Å². The molecule has 8 nitrogen and oxygen atoms in total. The molecule has 2 aromatic heterocycles. The molecule has 5 rings (SSSR count). The van der Waals surface area contributed by atoms with E-state index in [-0.39, 0.29) is 29.9 Å². The van der Waals surface area contributed by atoms with E-state index in [9.17, 15) is 23.2 Å². The quantitative estimate of drug-likeness (QED) is 0.513. The molecule has 190 valence electrons. The zero-order valence-electron chi connectivity index (χ0n) is 19.5. The van der Waals surface area contributed by atoms with Crippen LogP contribution in [0.15, 0.2) is 29.3 Å². The Kier molecular flexibility index (Phi) is 6.69. The SMILES string of the molecule is Cc1c(C(=O)N2CCN(c3ccc(F)c(Cl)c3)CC2)sc2ncn(CC(=O)N3CCC(F)C3)c(=O)c12. The van der Waals surface area contributed by atoms with Gasteiger partial charge in [0, 0.05) is 38.4 Å². The summed E-state index contributed by atoms with van der Waals surface area (Å²) in [5, 5.41) is 0.377. The number of thiophene rings is 1. The van der Waals surface area contributed by atoms with E-state index in [0.29, 0.717) is 59.8 Å². The summed E-state index contributed by atoms with van der Waals surface area (Å²) in [5.41, 5.74) is 0.939. The van der Waals surface area contributed by atoms with Crippen molar-refractivity contribution >= 4 is 50.7 Å². The van der Waals surface area contributed by atoms with Gasteiger partial charge >= 0.3 is 0 Å². The third-order valence-electron chi connectivity index (χ3n) is 6.74. The van der Waals surface area contributed by atoms with Crippen molar-refractivity contribution in [1.29, 1.82) is 0 Å². The van der Waals surface area contributed by atoms with Crippen molar-refractivity contribution in [1.82, 2.24) is 19.4 Å². The molecule has 4 heterocycles. The number of halogens is 3. The molecule has 2 aliphatic rings. The fraction of sp³-hybridized carbons (Fsp3) is 0.417. The number of benzene rings is 1. The molecule has 2 aliphatic heterocycles. The number of likely N-dealkylation sites (tertiary alicyclic amines) is 1. The molecule has 2 amide bonds. The zero-order chi connectivity index (χ0) is 25.6. The van der Waals surface area contributed by atoms with E-state index >= 15 is 0 Å². The van der Waals surface area contributed by atoms with Gasteiger partial charge in [-0.05, 0) is 37.1 Å². The summed E-state index contributed by atoms with van der Waals surface area (Å²) in [6.45, 7) is 3.90. The lowest BCUT2D eigenvalue weighted by Crippen LogP contribution is -2.48. The molecule has 2 saturated heterocycles. The number of aryl methyl sites for hydroxylation is 1. The first kappa shape index (κ1) is 24.6. The smallest absolute Gasteiger partial charge is 0.264 e. The van der Waals surface area contributed by atoms with Gasteiger partial charge in [0.15, 0.2) is 0 Å². The highest BCUT2D eigenvalue weighted by Crippen LogP contribution is 2.29. The summed E-state index contributed by atoms with van der Waals surface area (Å²) < 4.78 is 28.2. The fourth-order valence-electron chi connectivity index (χ4n) is 4.66. The van der Waals surface area contributed by atoms with E-state index in [1.165, 1.54) is 21.9 Å². The number of nitrogens with zero attached hydrogens (tertiary/aromatic N) is 5. The monoisotopic (exact) mass is 535 g/mol. The van der Waals surface area contributed by atoms with Crippen LogP contribution in [0.3, 0.4) is 0 Å². The third kappa shape index (κ3) is 4.57. The Hall–Kier alpha value is -3.05. The Balaban J connectivity index is 1.31. The van der Waals surface area contributed by atoms with Crippen LogP contribution in [-0.2, 0) is 11.3 Å². The minimum Gasteiger partial charge on any atom is -0.368 e. The van der Waals surface area contributed by atoms with Crippen LogP contribution in [0.2, 0.25) is 5.02 Å². The molecule has 36 heavy (non-hydrogen) atoms. The van der Waals surface area contributed by atoms with Gasteiger partial charge in [0.1, 0.15) is 23.4 Å². The molecule has 2 fully saturated rings. The second-order valence-corrected chi connectivity index (χ2v) is 10.4. The summed E-state index contributed by atoms with van der Waals surface area (Å²) >= 11 is 7.07. The molecule has 0 radical (unpaired) electrons. The van der Waals surface area contributed by atoms with Gasteiger partial charge in [-0.25, -0.2) is 13.8 Å². The summed E-state index contributed by atoms with van der Waals surface area (Å²) in [7, 11) is 0. The van der Waals surface area contributed by atoms with Gasteiger partial charge in [-0.15, -0.1) is 11.3 Å². The number of hydrogen-bond donors (Lipinski definition) is 0. The standard InChI is InChI=1S/C24H24ClF2N5O3S/c1-14-20-22(28-13-32(23(20)34)12-19(33)31-5-4-15(26)11-31)36-21(14)24(35)30-8-6-29(7-9-30)16-2-3-18(27)17(25)10-16/h2-3,10,13,15H,4-9,11-12H2,1H3. The molecule has 0 saturated carbocycles. The Labute approximate surface area is 214 Å². The zero-order valence-corrected chi connectivity index (χ0v) is 21.1. The van der Waals surface area contributed by atoms with Gasteiger partial charge in [0.2, 0.25) is 5.91 Å². The number of anilines is 1. The molecule has 1 aromatic carbocycles. The molecule has 0 aliphatic carbocycles. The van der Waals surface area contributed by atoms with Crippen molar-refractivity contribution in [2.75, 3.05) is 44.2 Å². The molecule has 0 spiro atoms. The van der Waals surface area contributed by atoms with Crippen LogP contribution in [0.25, 0.3) is 10.2 Å². The minimum atomic E-state index is -1.03. The number of rotatable bonds is 4. The van der Waals surface area contributed by atoms with Crippen LogP contribution in [-0.4, -0.2) is 76.6 Å². The van der Waals surface area contributed by atoms with Gasteiger partial charge in [-0.1, -0.05) is 11.6 Å². The highest BCUT2D eigenvalue weighted by atomic mass is 35.5. The first-order chi connectivity index (χ1) is 17.2. The Bertz CT molecular complexity index is 1400. The molecule has 3 aromatic rings. The molecule has 0 N–H and O–H groups in total. The Morgan fingerprint density at radius 1 is 1.17 bits per heavy atom. The maximum Gasteiger partial charge on any atom is 0.264 e. The number of aromatic nitrogens is 2. The van der Waals surface area contributed by atoms with E-state index in [1.54, 1.807) is 24.0 Å². The van der Waals surface area contributed by atoms with Crippen molar-refractivity contribution < 1.29 is 18.4 Å². The average Bonchev–Trinajstić information content (AvgIpc) is 3.46. The van der Waals surface area contributed by atoms with Crippen LogP contribution >= 0.6 is 22.9 Å². The predicted molar refractivity (Wildman–Crippen MR) is 134 cm³/mol. The van der Waals surface area contributed by atoms with Gasteiger partial charge in [0.25, 0.3) is 11.5 Å². The number of hydrogen-bond acceptors (Lipinski definition) is 6. The number of fused-ring (bicyclic) bond motifs is 1. The van der Waals surface area contributed by atoms with Crippen molar-refractivity contribution in [2.45, 2.75) is 26.1 Å². The third-order valence-corrected chi connectivity index (χ3v) is 8.21. The van der Waals surface area contributed by atoms with Crippen molar-refractivity contribution in [2.24, 2.45) is 0 Å². The molecular weight excluding hydrogens is 512 g/mol. The van der Waals surface area contributed by atoms with Crippen LogP contribution in [0.1, 0.15) is 21.7 Å². The summed E-state index contributed by atoms with van der Waals surface area (Å²) in [6.07, 6.45) is 0.579. The highest BCUT2D eigenvalue weighted by molar-refractivity contribution is 7.20. The van der Waals surface area contributed by atoms with Crippen molar-refractivity contribution in [3.63, 3.8) is 0 Å². The van der Waals surface area contributed by atoms with Crippen LogP contribution < -0.4 is 10.5 Å². The van der Waals surface area contributed by atoms with Gasteiger partial charge in [-0.2, -0.15) is 0 Å². The topological polar surface area (TPSA) is 78.8 Å². The fourth-order valence-corrected chi connectivity index (χ4v) is 5.94. The van der Waals surface area contributed by atoms with E-state index in [4.69, 9.17) is 11.6 Å². The molecule has 1 unspecified atom stereocenters. The van der Waals surface area contributed by atoms with Crippen LogP contribution in [0.5, 0.6) is 0 Å². The highest BCUT2D eigenvalue weighted by Gasteiger charge is 2.29. The lowest BCUT2D eigenvalue weighted by Gasteiger charge is -2.36. The molecule has 0 bridgehead atoms. The predicted octanol–water partition coefficient (Wildman–Crippen LogP) is 3.09. The number of piperazine rings is 1. The summed E-state index contributed by atoms with van der Waals surface area (Å²) in [4.78, 5) is 49.4. The normalized spacial score (nSPS) is 18.3. The number of amides is 2. The van der Waals surface area contributed by atoms with Gasteiger partial charge in [0.05, 0.1) is 28.2 Å². The Morgan fingerprint density at radius 3 is 2.58 bits per heavy atom. The summed E-state index contributed by atoms with van der Waals surface area (Å²) in [5.74, 6) is -0.987. The van der Waals surface area contributed by atoms with E-state index in [0.717, 1.165) is 17.0 Å². The molecular formula is C24H24ClF2N5O3S. The number of alkyl halides is 1. The lowest BCUT2D eigenvalue weighted by molar-refractivity contribution is -0.131. The van der Waals surface area contributed by atoms with E-state index < -0.39 is 17.5 Å². The minimum absolute atomic E-state index is 0.0425. The molecule has 1 atom stereocenters. The number of carbonyl (C=O) groups excluding carboxylic acids is 2. The largest absolute Gasteiger partial charge is 0.368 e. The van der Waals surface area contributed by atoms with E-state index in [2.05, 4.69) is 4.98 Å². The summed E-state index contributed by atoms with van der Waals surface area (Å²) in [6, 6.07) is 4.56. The van der Waals surface area contributed by atoms with Gasteiger partial charge < -0.3 is 14.7 Å². The van der Waals surface area contributed by atoms with Crippen molar-refractivity contribution in [3.05, 3.63) is 56.2 Å². The van der Waals surface area contributed by atoms with Crippen LogP contribution in [0, 0.1) is 12.7 Å². The second kappa shape index (κ2) is 9.78. The maximum atomic E-state index is 13.5.